The number of benzene rings is 1. The van der Waals surface area contributed by atoms with Crippen LogP contribution in [0.25, 0.3) is 11.4 Å². The summed E-state index contributed by atoms with van der Waals surface area (Å²) < 4.78 is 5.15. The van der Waals surface area contributed by atoms with Crippen LogP contribution >= 0.6 is 0 Å². The molecule has 0 fully saturated rings. The Labute approximate surface area is 118 Å². The van der Waals surface area contributed by atoms with Crippen molar-refractivity contribution in [3.05, 3.63) is 35.7 Å². The summed E-state index contributed by atoms with van der Waals surface area (Å²) in [4.78, 5) is 15.5. The molecule has 2 rings (SSSR count). The fourth-order valence-electron chi connectivity index (χ4n) is 1.84. The summed E-state index contributed by atoms with van der Waals surface area (Å²) in [6.07, 6.45) is 0.807. The Bertz CT molecular complexity index is 573. The highest BCUT2D eigenvalue weighted by Gasteiger charge is 2.10. The zero-order valence-corrected chi connectivity index (χ0v) is 12.0. The van der Waals surface area contributed by atoms with Gasteiger partial charge in [0.15, 0.2) is 0 Å². The summed E-state index contributed by atoms with van der Waals surface area (Å²) >= 11 is 0. The first-order chi connectivity index (χ1) is 9.60. The Morgan fingerprint density at radius 2 is 2.00 bits per heavy atom. The maximum Gasteiger partial charge on any atom is 0.227 e. The van der Waals surface area contributed by atoms with Crippen molar-refractivity contribution in [2.75, 3.05) is 7.05 Å². The number of amides is 1. The highest BCUT2D eigenvalue weighted by Crippen LogP contribution is 2.20. The number of rotatable bonds is 5. The maximum absolute atomic E-state index is 11.2. The number of carbonyl (C=O) groups excluding carboxylic acids is 1. The molecule has 0 radical (unpaired) electrons. The molecule has 2 aromatic rings. The van der Waals surface area contributed by atoms with Crippen LogP contribution in [-0.2, 0) is 11.2 Å². The average Bonchev–Trinajstić information content (AvgIpc) is 2.93. The van der Waals surface area contributed by atoms with E-state index in [4.69, 9.17) is 4.52 Å². The third-order valence-electron chi connectivity index (χ3n) is 3.15. The van der Waals surface area contributed by atoms with E-state index in [1.165, 1.54) is 5.56 Å². The van der Waals surface area contributed by atoms with Gasteiger partial charge in [-0.15, -0.1) is 0 Å². The summed E-state index contributed by atoms with van der Waals surface area (Å²) in [6.45, 7) is 4.31. The second-order valence-electron chi connectivity index (χ2n) is 4.96. The van der Waals surface area contributed by atoms with Crippen molar-refractivity contribution in [3.63, 3.8) is 0 Å². The van der Waals surface area contributed by atoms with Gasteiger partial charge in [-0.1, -0.05) is 43.3 Å². The van der Waals surface area contributed by atoms with Crippen LogP contribution in [0.3, 0.4) is 0 Å². The third-order valence-corrected chi connectivity index (χ3v) is 3.15. The lowest BCUT2D eigenvalue weighted by Crippen LogP contribution is -2.17. The van der Waals surface area contributed by atoms with E-state index in [2.05, 4.69) is 41.4 Å². The van der Waals surface area contributed by atoms with Crippen LogP contribution in [0.1, 0.15) is 37.6 Å². The maximum atomic E-state index is 11.2. The summed E-state index contributed by atoms with van der Waals surface area (Å²) in [5.74, 6) is 1.51. The molecule has 1 heterocycles. The first-order valence-electron chi connectivity index (χ1n) is 6.73. The molecule has 1 N–H and O–H groups in total. The molecule has 0 aliphatic carbocycles. The number of nitrogens with one attached hydrogen (secondary N) is 1. The van der Waals surface area contributed by atoms with Crippen molar-refractivity contribution in [1.82, 2.24) is 15.5 Å². The van der Waals surface area contributed by atoms with Gasteiger partial charge in [0.05, 0.1) is 0 Å². The van der Waals surface area contributed by atoms with Crippen LogP contribution in [0.4, 0.5) is 0 Å². The Kier molecular flexibility index (Phi) is 4.50. The van der Waals surface area contributed by atoms with Crippen molar-refractivity contribution >= 4 is 5.91 Å². The van der Waals surface area contributed by atoms with Crippen LogP contribution in [0.2, 0.25) is 0 Å². The minimum absolute atomic E-state index is 0.0361. The molecule has 0 bridgehead atoms. The minimum atomic E-state index is -0.0361. The SMILES string of the molecule is CNC(=O)CCc1nc(-c2ccc(C(C)C)cc2)no1. The number of hydrogen-bond acceptors (Lipinski definition) is 4. The lowest BCUT2D eigenvalue weighted by Gasteiger charge is -2.04. The van der Waals surface area contributed by atoms with Crippen LogP contribution in [0.15, 0.2) is 28.8 Å². The van der Waals surface area contributed by atoms with Gasteiger partial charge in [-0.25, -0.2) is 0 Å². The van der Waals surface area contributed by atoms with Gasteiger partial charge in [0.25, 0.3) is 0 Å². The van der Waals surface area contributed by atoms with E-state index in [1.54, 1.807) is 7.05 Å². The molecule has 1 aromatic carbocycles. The van der Waals surface area contributed by atoms with Gasteiger partial charge in [-0.2, -0.15) is 4.98 Å². The standard InChI is InChI=1S/C15H19N3O2/c1-10(2)11-4-6-12(7-5-11)15-17-14(20-18-15)9-8-13(19)16-3/h4-7,10H,8-9H2,1-3H3,(H,16,19). The molecule has 0 spiro atoms. The Morgan fingerprint density at radius 1 is 1.30 bits per heavy atom. The van der Waals surface area contributed by atoms with Gasteiger partial charge >= 0.3 is 0 Å². The number of carbonyl (C=O) groups is 1. The fraction of sp³-hybridized carbons (Fsp3) is 0.400. The number of aryl methyl sites for hydroxylation is 1. The first-order valence-corrected chi connectivity index (χ1v) is 6.73. The number of hydrogen-bond donors (Lipinski definition) is 1. The minimum Gasteiger partial charge on any atom is -0.359 e. The predicted molar refractivity (Wildman–Crippen MR) is 76.2 cm³/mol. The molecule has 0 atom stereocenters. The molecule has 1 amide bonds. The second kappa shape index (κ2) is 6.32. The quantitative estimate of drug-likeness (QED) is 0.909. The first kappa shape index (κ1) is 14.2. The number of nitrogens with zero attached hydrogens (tertiary/aromatic N) is 2. The van der Waals surface area contributed by atoms with Crippen LogP contribution in [-0.4, -0.2) is 23.1 Å². The molecule has 5 heteroatoms. The van der Waals surface area contributed by atoms with Gasteiger partial charge in [-0.05, 0) is 11.5 Å². The van der Waals surface area contributed by atoms with E-state index in [0.29, 0.717) is 30.5 Å². The predicted octanol–water partition coefficient (Wildman–Crippen LogP) is 2.54. The zero-order chi connectivity index (χ0) is 14.5. The van der Waals surface area contributed by atoms with E-state index in [1.807, 2.05) is 12.1 Å². The monoisotopic (exact) mass is 273 g/mol. The molecule has 0 saturated carbocycles. The van der Waals surface area contributed by atoms with Gasteiger partial charge in [0, 0.05) is 25.5 Å². The average molecular weight is 273 g/mol. The summed E-state index contributed by atoms with van der Waals surface area (Å²) in [6, 6.07) is 8.12. The molecular formula is C15H19N3O2. The van der Waals surface area contributed by atoms with Gasteiger partial charge in [-0.3, -0.25) is 4.79 Å². The van der Waals surface area contributed by atoms with E-state index in [-0.39, 0.29) is 5.91 Å². The van der Waals surface area contributed by atoms with Gasteiger partial charge in [0.1, 0.15) is 0 Å². The number of aromatic nitrogens is 2. The second-order valence-corrected chi connectivity index (χ2v) is 4.96. The van der Waals surface area contributed by atoms with Gasteiger partial charge < -0.3 is 9.84 Å². The van der Waals surface area contributed by atoms with Crippen LogP contribution < -0.4 is 5.32 Å². The zero-order valence-electron chi connectivity index (χ0n) is 12.0. The molecule has 0 aliphatic heterocycles. The van der Waals surface area contributed by atoms with E-state index in [9.17, 15) is 4.79 Å². The summed E-state index contributed by atoms with van der Waals surface area (Å²) in [5.41, 5.74) is 2.20. The lowest BCUT2D eigenvalue weighted by atomic mass is 10.0. The summed E-state index contributed by atoms with van der Waals surface area (Å²) in [7, 11) is 1.61. The third kappa shape index (κ3) is 3.44. The largest absolute Gasteiger partial charge is 0.359 e. The molecule has 0 saturated heterocycles. The highest BCUT2D eigenvalue weighted by molar-refractivity contribution is 5.75. The molecular weight excluding hydrogens is 254 g/mol. The molecule has 0 aliphatic rings. The molecule has 106 valence electrons. The van der Waals surface area contributed by atoms with Crippen LogP contribution in [0, 0.1) is 0 Å². The normalized spacial score (nSPS) is 10.8. The van der Waals surface area contributed by atoms with Crippen molar-refractivity contribution in [2.45, 2.75) is 32.6 Å². The Morgan fingerprint density at radius 3 is 2.60 bits per heavy atom. The fourth-order valence-corrected chi connectivity index (χ4v) is 1.84. The van der Waals surface area contributed by atoms with Crippen molar-refractivity contribution < 1.29 is 9.32 Å². The van der Waals surface area contributed by atoms with Crippen molar-refractivity contribution in [2.24, 2.45) is 0 Å². The Balaban J connectivity index is 2.06. The van der Waals surface area contributed by atoms with Crippen LogP contribution in [0.5, 0.6) is 0 Å². The van der Waals surface area contributed by atoms with Gasteiger partial charge in [0.2, 0.25) is 17.6 Å². The Hall–Kier alpha value is -2.17. The highest BCUT2D eigenvalue weighted by atomic mass is 16.5. The molecule has 5 nitrogen and oxygen atoms in total. The lowest BCUT2D eigenvalue weighted by molar-refractivity contribution is -0.120. The smallest absolute Gasteiger partial charge is 0.227 e. The van der Waals surface area contributed by atoms with Crippen molar-refractivity contribution in [1.29, 1.82) is 0 Å². The molecule has 1 aromatic heterocycles. The van der Waals surface area contributed by atoms with Crippen molar-refractivity contribution in [3.8, 4) is 11.4 Å². The molecule has 0 unspecified atom stereocenters. The molecule has 20 heavy (non-hydrogen) atoms. The van der Waals surface area contributed by atoms with E-state index < -0.39 is 0 Å². The summed E-state index contributed by atoms with van der Waals surface area (Å²) in [5, 5.41) is 6.51. The topological polar surface area (TPSA) is 68.0 Å². The van der Waals surface area contributed by atoms with E-state index in [0.717, 1.165) is 5.56 Å². The van der Waals surface area contributed by atoms with E-state index >= 15 is 0 Å².